The van der Waals surface area contributed by atoms with E-state index in [1.807, 2.05) is 24.3 Å². The minimum Gasteiger partial charge on any atom is -0.497 e. The number of carbonyl (C=O) groups is 1. The van der Waals surface area contributed by atoms with Gasteiger partial charge in [-0.3, -0.25) is 4.79 Å². The van der Waals surface area contributed by atoms with Crippen molar-refractivity contribution in [3.05, 3.63) is 48.5 Å². The standard InChI is InChI=1S/C22H29N3O2/c1-17-12-15-25(16-13-17)20-7-3-18(4-8-20)23-14-11-22(26)24-19-5-9-21(27-2)10-6-19/h3-10,17,23H,11-16H2,1-2H3,(H,24,26). The maximum Gasteiger partial charge on any atom is 0.226 e. The van der Waals surface area contributed by atoms with Gasteiger partial charge in [-0.25, -0.2) is 0 Å². The lowest BCUT2D eigenvalue weighted by Crippen LogP contribution is -2.32. The lowest BCUT2D eigenvalue weighted by molar-refractivity contribution is -0.115. The van der Waals surface area contributed by atoms with Gasteiger partial charge in [0.25, 0.3) is 0 Å². The first-order valence-electron chi connectivity index (χ1n) is 9.67. The van der Waals surface area contributed by atoms with Crippen LogP contribution in [-0.2, 0) is 4.79 Å². The second kappa shape index (κ2) is 9.31. The zero-order valence-corrected chi connectivity index (χ0v) is 16.2. The summed E-state index contributed by atoms with van der Waals surface area (Å²) in [7, 11) is 1.62. The fourth-order valence-electron chi connectivity index (χ4n) is 3.28. The Labute approximate surface area is 161 Å². The molecule has 0 bridgehead atoms. The molecule has 2 aromatic carbocycles. The summed E-state index contributed by atoms with van der Waals surface area (Å²) in [6.07, 6.45) is 2.95. The van der Waals surface area contributed by atoms with Crippen LogP contribution in [0.15, 0.2) is 48.5 Å². The third kappa shape index (κ3) is 5.64. The third-order valence-corrected chi connectivity index (χ3v) is 5.07. The van der Waals surface area contributed by atoms with Crippen molar-refractivity contribution in [3.63, 3.8) is 0 Å². The number of carbonyl (C=O) groups excluding carboxylic acids is 1. The van der Waals surface area contributed by atoms with Crippen molar-refractivity contribution in [2.24, 2.45) is 5.92 Å². The van der Waals surface area contributed by atoms with Gasteiger partial charge in [-0.15, -0.1) is 0 Å². The molecule has 1 aliphatic rings. The number of ether oxygens (including phenoxy) is 1. The van der Waals surface area contributed by atoms with Crippen LogP contribution < -0.4 is 20.3 Å². The van der Waals surface area contributed by atoms with Crippen LogP contribution in [0.2, 0.25) is 0 Å². The zero-order chi connectivity index (χ0) is 19.1. The van der Waals surface area contributed by atoms with Crippen LogP contribution in [0.5, 0.6) is 5.75 Å². The largest absolute Gasteiger partial charge is 0.497 e. The number of rotatable bonds is 7. The second-order valence-corrected chi connectivity index (χ2v) is 7.17. The maximum atomic E-state index is 12.1. The molecule has 0 saturated carbocycles. The molecule has 1 amide bonds. The Kier molecular flexibility index (Phi) is 6.58. The molecule has 0 unspecified atom stereocenters. The van der Waals surface area contributed by atoms with Crippen LogP contribution in [-0.4, -0.2) is 32.7 Å². The van der Waals surface area contributed by atoms with Crippen molar-refractivity contribution in [3.8, 4) is 5.75 Å². The van der Waals surface area contributed by atoms with Crippen LogP contribution in [0.4, 0.5) is 17.1 Å². The van der Waals surface area contributed by atoms with Gasteiger partial charge in [0, 0.05) is 43.1 Å². The molecule has 0 spiro atoms. The van der Waals surface area contributed by atoms with E-state index in [-0.39, 0.29) is 5.91 Å². The molecule has 0 aromatic heterocycles. The molecule has 0 radical (unpaired) electrons. The van der Waals surface area contributed by atoms with Crippen molar-refractivity contribution in [2.75, 3.05) is 42.3 Å². The average molecular weight is 367 g/mol. The molecule has 2 N–H and O–H groups in total. The Balaban J connectivity index is 1.41. The highest BCUT2D eigenvalue weighted by molar-refractivity contribution is 5.91. The molecule has 1 aliphatic heterocycles. The number of piperidine rings is 1. The van der Waals surface area contributed by atoms with E-state index in [0.29, 0.717) is 13.0 Å². The van der Waals surface area contributed by atoms with Crippen LogP contribution in [0.25, 0.3) is 0 Å². The summed E-state index contributed by atoms with van der Waals surface area (Å²) < 4.78 is 5.11. The van der Waals surface area contributed by atoms with E-state index in [2.05, 4.69) is 46.7 Å². The van der Waals surface area contributed by atoms with E-state index < -0.39 is 0 Å². The van der Waals surface area contributed by atoms with Crippen LogP contribution in [0.1, 0.15) is 26.2 Å². The monoisotopic (exact) mass is 367 g/mol. The van der Waals surface area contributed by atoms with Gasteiger partial charge in [0.15, 0.2) is 0 Å². The summed E-state index contributed by atoms with van der Waals surface area (Å²) >= 11 is 0. The van der Waals surface area contributed by atoms with E-state index in [4.69, 9.17) is 4.74 Å². The van der Waals surface area contributed by atoms with Crippen molar-refractivity contribution >= 4 is 23.0 Å². The van der Waals surface area contributed by atoms with Gasteiger partial charge in [0.05, 0.1) is 7.11 Å². The van der Waals surface area contributed by atoms with Gasteiger partial charge in [0.2, 0.25) is 5.91 Å². The average Bonchev–Trinajstić information content (AvgIpc) is 2.70. The minimum absolute atomic E-state index is 0.00766. The number of anilines is 3. The highest BCUT2D eigenvalue weighted by atomic mass is 16.5. The molecular weight excluding hydrogens is 338 g/mol. The number of amides is 1. The Morgan fingerprint density at radius 1 is 1.04 bits per heavy atom. The molecule has 5 nitrogen and oxygen atoms in total. The Hall–Kier alpha value is -2.69. The molecule has 1 fully saturated rings. The van der Waals surface area contributed by atoms with Crippen molar-refractivity contribution in [1.82, 2.24) is 0 Å². The number of hydrogen-bond acceptors (Lipinski definition) is 4. The van der Waals surface area contributed by atoms with Crippen LogP contribution in [0, 0.1) is 5.92 Å². The fourth-order valence-corrected chi connectivity index (χ4v) is 3.28. The number of hydrogen-bond donors (Lipinski definition) is 2. The molecular formula is C22H29N3O2. The first-order chi connectivity index (χ1) is 13.1. The van der Waals surface area contributed by atoms with Gasteiger partial charge in [-0.1, -0.05) is 6.92 Å². The van der Waals surface area contributed by atoms with Gasteiger partial charge in [0.1, 0.15) is 5.75 Å². The normalized spacial score (nSPS) is 14.7. The predicted molar refractivity (Wildman–Crippen MR) is 112 cm³/mol. The molecule has 2 aromatic rings. The zero-order valence-electron chi connectivity index (χ0n) is 16.2. The van der Waals surface area contributed by atoms with Gasteiger partial charge < -0.3 is 20.3 Å². The minimum atomic E-state index is -0.00766. The van der Waals surface area contributed by atoms with Crippen molar-refractivity contribution < 1.29 is 9.53 Å². The Morgan fingerprint density at radius 2 is 1.67 bits per heavy atom. The number of nitrogens with one attached hydrogen (secondary N) is 2. The highest BCUT2D eigenvalue weighted by Crippen LogP contribution is 2.24. The fraction of sp³-hybridized carbons (Fsp3) is 0.409. The van der Waals surface area contributed by atoms with E-state index in [1.165, 1.54) is 18.5 Å². The number of benzene rings is 2. The molecule has 27 heavy (non-hydrogen) atoms. The summed E-state index contributed by atoms with van der Waals surface area (Å²) in [5, 5.41) is 6.21. The highest BCUT2D eigenvalue weighted by Gasteiger charge is 2.15. The predicted octanol–water partition coefficient (Wildman–Crippen LogP) is 4.37. The van der Waals surface area contributed by atoms with Gasteiger partial charge >= 0.3 is 0 Å². The molecule has 1 heterocycles. The lowest BCUT2D eigenvalue weighted by atomic mass is 9.99. The van der Waals surface area contributed by atoms with Gasteiger partial charge in [-0.2, -0.15) is 0 Å². The summed E-state index contributed by atoms with van der Waals surface area (Å²) in [4.78, 5) is 14.5. The van der Waals surface area contributed by atoms with Crippen LogP contribution in [0.3, 0.4) is 0 Å². The molecule has 0 atom stereocenters. The maximum absolute atomic E-state index is 12.1. The first kappa shape index (κ1) is 19.1. The first-order valence-corrected chi connectivity index (χ1v) is 9.67. The topological polar surface area (TPSA) is 53.6 Å². The van der Waals surface area contributed by atoms with Gasteiger partial charge in [-0.05, 0) is 67.3 Å². The third-order valence-electron chi connectivity index (χ3n) is 5.07. The summed E-state index contributed by atoms with van der Waals surface area (Å²) in [5.41, 5.74) is 3.10. The number of methoxy groups -OCH3 is 1. The molecule has 1 saturated heterocycles. The van der Waals surface area contributed by atoms with Crippen LogP contribution >= 0.6 is 0 Å². The quantitative estimate of drug-likeness (QED) is 0.763. The molecule has 144 valence electrons. The Morgan fingerprint density at radius 3 is 2.30 bits per heavy atom. The second-order valence-electron chi connectivity index (χ2n) is 7.17. The van der Waals surface area contributed by atoms with E-state index >= 15 is 0 Å². The van der Waals surface area contributed by atoms with E-state index in [0.717, 1.165) is 36.1 Å². The van der Waals surface area contributed by atoms with E-state index in [1.54, 1.807) is 7.11 Å². The summed E-state index contributed by atoms with van der Waals surface area (Å²) in [6, 6.07) is 15.8. The molecule has 0 aliphatic carbocycles. The SMILES string of the molecule is COc1ccc(NC(=O)CCNc2ccc(N3CCC(C)CC3)cc2)cc1. The molecule has 3 rings (SSSR count). The number of nitrogens with zero attached hydrogens (tertiary/aromatic N) is 1. The summed E-state index contributed by atoms with van der Waals surface area (Å²) in [5.74, 6) is 1.61. The lowest BCUT2D eigenvalue weighted by Gasteiger charge is -2.32. The van der Waals surface area contributed by atoms with E-state index in [9.17, 15) is 4.79 Å². The summed E-state index contributed by atoms with van der Waals surface area (Å²) in [6.45, 7) is 5.21. The molecule has 5 heteroatoms. The van der Waals surface area contributed by atoms with Crippen molar-refractivity contribution in [2.45, 2.75) is 26.2 Å². The smallest absolute Gasteiger partial charge is 0.226 e. The Bertz CT molecular complexity index is 720. The van der Waals surface area contributed by atoms with Crippen molar-refractivity contribution in [1.29, 1.82) is 0 Å².